The average molecular weight is 275 g/mol. The normalized spacial score (nSPS) is 17.4. The zero-order valence-electron chi connectivity index (χ0n) is 11.2. The quantitative estimate of drug-likeness (QED) is 0.725. The van der Waals surface area contributed by atoms with Crippen LogP contribution in [0.5, 0.6) is 0 Å². The molecule has 6 nitrogen and oxygen atoms in total. The molecule has 0 aromatic heterocycles. The molecule has 0 aliphatic carbocycles. The maximum absolute atomic E-state index is 12.1. The predicted octanol–water partition coefficient (Wildman–Crippen LogP) is 0.0497. The Kier molecular flexibility index (Phi) is 4.34. The number of carbonyl (C=O) groups excluding carboxylic acids is 3. The second-order valence-electron chi connectivity index (χ2n) is 4.70. The lowest BCUT2D eigenvalue weighted by Gasteiger charge is -2.13. The summed E-state index contributed by atoms with van der Waals surface area (Å²) in [6.07, 6.45) is 0.415. The highest BCUT2D eigenvalue weighted by atomic mass is 16.2. The number of rotatable bonds is 4. The van der Waals surface area contributed by atoms with Gasteiger partial charge in [0, 0.05) is 25.7 Å². The summed E-state index contributed by atoms with van der Waals surface area (Å²) in [7, 11) is 1.57. The fraction of sp³-hybridized carbons (Fsp3) is 0.357. The summed E-state index contributed by atoms with van der Waals surface area (Å²) in [4.78, 5) is 34.6. The zero-order chi connectivity index (χ0) is 14.5. The Balaban J connectivity index is 2.07. The van der Waals surface area contributed by atoms with E-state index in [-0.39, 0.29) is 36.5 Å². The maximum atomic E-state index is 12.1. The van der Waals surface area contributed by atoms with E-state index in [2.05, 4.69) is 16.0 Å². The van der Waals surface area contributed by atoms with Crippen molar-refractivity contribution in [3.05, 3.63) is 29.8 Å². The van der Waals surface area contributed by atoms with Gasteiger partial charge in [-0.3, -0.25) is 14.4 Å². The first kappa shape index (κ1) is 14.0. The van der Waals surface area contributed by atoms with Gasteiger partial charge in [0.2, 0.25) is 17.7 Å². The zero-order valence-corrected chi connectivity index (χ0v) is 11.2. The fourth-order valence-electron chi connectivity index (χ4n) is 2.08. The summed E-state index contributed by atoms with van der Waals surface area (Å²) in [5.41, 5.74) is 1.36. The van der Waals surface area contributed by atoms with Crippen LogP contribution in [0.4, 0.5) is 5.69 Å². The van der Waals surface area contributed by atoms with Crippen molar-refractivity contribution in [1.29, 1.82) is 0 Å². The highest BCUT2D eigenvalue weighted by Gasteiger charge is 2.28. The molecule has 1 heterocycles. The minimum atomic E-state index is -0.351. The predicted molar refractivity (Wildman–Crippen MR) is 74.0 cm³/mol. The van der Waals surface area contributed by atoms with Gasteiger partial charge in [0.15, 0.2) is 0 Å². The van der Waals surface area contributed by atoms with Gasteiger partial charge in [-0.25, -0.2) is 0 Å². The van der Waals surface area contributed by atoms with Gasteiger partial charge in [0.05, 0.1) is 12.3 Å². The molecule has 106 valence electrons. The van der Waals surface area contributed by atoms with E-state index in [4.69, 9.17) is 0 Å². The fourth-order valence-corrected chi connectivity index (χ4v) is 2.08. The molecule has 1 aromatic carbocycles. The van der Waals surface area contributed by atoms with E-state index in [0.717, 1.165) is 5.56 Å². The Morgan fingerprint density at radius 1 is 1.35 bits per heavy atom. The summed E-state index contributed by atoms with van der Waals surface area (Å²) >= 11 is 0. The molecule has 1 unspecified atom stereocenters. The number of amides is 3. The standard InChI is InChI=1S/C14H17N3O3/c1-15-12(18)6-9-4-2-3-5-11(9)17-14(20)10-7-13(19)16-8-10/h2-5,10H,6-8H2,1H3,(H,15,18)(H,16,19)(H,17,20). The van der Waals surface area contributed by atoms with E-state index >= 15 is 0 Å². The first-order valence-corrected chi connectivity index (χ1v) is 6.46. The Labute approximate surface area is 116 Å². The number of anilines is 1. The van der Waals surface area contributed by atoms with Gasteiger partial charge in [-0.05, 0) is 11.6 Å². The number of benzene rings is 1. The van der Waals surface area contributed by atoms with Gasteiger partial charge >= 0.3 is 0 Å². The highest BCUT2D eigenvalue weighted by molar-refractivity contribution is 5.98. The molecule has 3 amide bonds. The van der Waals surface area contributed by atoms with E-state index in [9.17, 15) is 14.4 Å². The van der Waals surface area contributed by atoms with Crippen LogP contribution in [-0.2, 0) is 20.8 Å². The van der Waals surface area contributed by atoms with Crippen molar-refractivity contribution in [3.8, 4) is 0 Å². The molecule has 1 aliphatic heterocycles. The summed E-state index contributed by atoms with van der Waals surface area (Å²) in [6.45, 7) is 0.363. The second kappa shape index (κ2) is 6.18. The molecule has 6 heteroatoms. The lowest BCUT2D eigenvalue weighted by atomic mass is 10.1. The van der Waals surface area contributed by atoms with Crippen molar-refractivity contribution < 1.29 is 14.4 Å². The van der Waals surface area contributed by atoms with E-state index in [0.29, 0.717) is 12.2 Å². The van der Waals surface area contributed by atoms with Crippen LogP contribution >= 0.6 is 0 Å². The molecule has 1 aromatic rings. The Morgan fingerprint density at radius 2 is 2.10 bits per heavy atom. The Morgan fingerprint density at radius 3 is 2.75 bits per heavy atom. The molecule has 0 saturated carbocycles. The molecule has 1 fully saturated rings. The van der Waals surface area contributed by atoms with Gasteiger partial charge in [-0.15, -0.1) is 0 Å². The number of para-hydroxylation sites is 1. The molecule has 1 aliphatic rings. The van der Waals surface area contributed by atoms with Crippen LogP contribution < -0.4 is 16.0 Å². The third kappa shape index (κ3) is 3.34. The topological polar surface area (TPSA) is 87.3 Å². The third-order valence-corrected chi connectivity index (χ3v) is 3.25. The molecule has 1 atom stereocenters. The smallest absolute Gasteiger partial charge is 0.229 e. The minimum Gasteiger partial charge on any atom is -0.359 e. The van der Waals surface area contributed by atoms with E-state index in [1.807, 2.05) is 6.07 Å². The van der Waals surface area contributed by atoms with Crippen molar-refractivity contribution in [2.45, 2.75) is 12.8 Å². The molecule has 0 radical (unpaired) electrons. The number of hydrogen-bond acceptors (Lipinski definition) is 3. The molecule has 0 spiro atoms. The van der Waals surface area contributed by atoms with E-state index in [1.165, 1.54) is 0 Å². The van der Waals surface area contributed by atoms with Crippen LogP contribution in [-0.4, -0.2) is 31.3 Å². The second-order valence-corrected chi connectivity index (χ2v) is 4.70. The van der Waals surface area contributed by atoms with Crippen LogP contribution in [0, 0.1) is 5.92 Å². The van der Waals surface area contributed by atoms with E-state index < -0.39 is 0 Å². The third-order valence-electron chi connectivity index (χ3n) is 3.25. The van der Waals surface area contributed by atoms with Gasteiger partial charge in [-0.2, -0.15) is 0 Å². The monoisotopic (exact) mass is 275 g/mol. The number of carbonyl (C=O) groups is 3. The van der Waals surface area contributed by atoms with Crippen LogP contribution in [0.2, 0.25) is 0 Å². The molecule has 3 N–H and O–H groups in total. The largest absolute Gasteiger partial charge is 0.359 e. The van der Waals surface area contributed by atoms with Crippen LogP contribution in [0.3, 0.4) is 0 Å². The lowest BCUT2D eigenvalue weighted by molar-refractivity contribution is -0.123. The van der Waals surface area contributed by atoms with Gasteiger partial charge in [0.1, 0.15) is 0 Å². The summed E-state index contributed by atoms with van der Waals surface area (Å²) in [5, 5.41) is 7.97. The first-order chi connectivity index (χ1) is 9.60. The average Bonchev–Trinajstić information content (AvgIpc) is 2.87. The molecule has 1 saturated heterocycles. The summed E-state index contributed by atoms with van der Waals surface area (Å²) in [5.74, 6) is -0.781. The van der Waals surface area contributed by atoms with Crippen molar-refractivity contribution in [1.82, 2.24) is 10.6 Å². The highest BCUT2D eigenvalue weighted by Crippen LogP contribution is 2.18. The van der Waals surface area contributed by atoms with Crippen LogP contribution in [0.25, 0.3) is 0 Å². The van der Waals surface area contributed by atoms with Crippen molar-refractivity contribution in [3.63, 3.8) is 0 Å². The maximum Gasteiger partial charge on any atom is 0.229 e. The Hall–Kier alpha value is -2.37. The first-order valence-electron chi connectivity index (χ1n) is 6.46. The summed E-state index contributed by atoms with van der Waals surface area (Å²) in [6, 6.07) is 7.15. The van der Waals surface area contributed by atoms with Crippen LogP contribution in [0.15, 0.2) is 24.3 Å². The van der Waals surface area contributed by atoms with Gasteiger partial charge in [0.25, 0.3) is 0 Å². The van der Waals surface area contributed by atoms with Crippen molar-refractivity contribution in [2.24, 2.45) is 5.92 Å². The molecule has 2 rings (SSSR count). The SMILES string of the molecule is CNC(=O)Cc1ccccc1NC(=O)C1CNC(=O)C1. The van der Waals surface area contributed by atoms with Crippen molar-refractivity contribution in [2.75, 3.05) is 18.9 Å². The van der Waals surface area contributed by atoms with Gasteiger partial charge < -0.3 is 16.0 Å². The number of nitrogens with one attached hydrogen (secondary N) is 3. The Bertz CT molecular complexity index is 542. The van der Waals surface area contributed by atoms with E-state index in [1.54, 1.807) is 25.2 Å². The summed E-state index contributed by atoms with van der Waals surface area (Å²) < 4.78 is 0. The van der Waals surface area contributed by atoms with Crippen LogP contribution in [0.1, 0.15) is 12.0 Å². The molecular formula is C14H17N3O3. The molecule has 20 heavy (non-hydrogen) atoms. The molecular weight excluding hydrogens is 258 g/mol. The molecule has 0 bridgehead atoms. The van der Waals surface area contributed by atoms with Crippen molar-refractivity contribution >= 4 is 23.4 Å². The number of hydrogen-bond donors (Lipinski definition) is 3. The van der Waals surface area contributed by atoms with Gasteiger partial charge in [-0.1, -0.05) is 18.2 Å². The lowest BCUT2D eigenvalue weighted by Crippen LogP contribution is -2.26. The number of likely N-dealkylation sites (N-methyl/N-ethyl adjacent to an activating group) is 1. The minimum absolute atomic E-state index is 0.108.